The van der Waals surface area contributed by atoms with Crippen LogP contribution in [0.4, 0.5) is 4.39 Å². The lowest BCUT2D eigenvalue weighted by molar-refractivity contribution is 0.287. The summed E-state index contributed by atoms with van der Waals surface area (Å²) in [5.74, 6) is -0.156. The highest BCUT2D eigenvalue weighted by Gasteiger charge is 2.03. The van der Waals surface area contributed by atoms with E-state index >= 15 is 0 Å². The Morgan fingerprint density at radius 3 is 2.59 bits per heavy atom. The van der Waals surface area contributed by atoms with Gasteiger partial charge >= 0.3 is 0 Å². The third kappa shape index (κ3) is 5.57. The Balaban J connectivity index is 2.15. The van der Waals surface area contributed by atoms with Gasteiger partial charge in [-0.15, -0.1) is 0 Å². The molecular formula is C14H21FO2. The van der Waals surface area contributed by atoms with E-state index in [-0.39, 0.29) is 17.3 Å². The number of ether oxygens (including phenoxy) is 1. The van der Waals surface area contributed by atoms with E-state index in [0.717, 1.165) is 12.8 Å². The first-order valence-corrected chi connectivity index (χ1v) is 6.35. The molecule has 0 atom stereocenters. The van der Waals surface area contributed by atoms with Gasteiger partial charge in [0.15, 0.2) is 11.5 Å². The Kier molecular flexibility index (Phi) is 6.45. The quantitative estimate of drug-likeness (QED) is 0.687. The van der Waals surface area contributed by atoms with Crippen LogP contribution in [-0.4, -0.2) is 11.7 Å². The minimum absolute atomic E-state index is 0.00242. The Morgan fingerprint density at radius 1 is 1.12 bits per heavy atom. The van der Waals surface area contributed by atoms with Gasteiger partial charge in [0.2, 0.25) is 0 Å². The fourth-order valence-electron chi connectivity index (χ4n) is 1.67. The molecule has 1 rings (SSSR count). The zero-order valence-electron chi connectivity index (χ0n) is 10.4. The third-order valence-electron chi connectivity index (χ3n) is 2.68. The fraction of sp³-hybridized carbons (Fsp3) is 0.571. The lowest BCUT2D eigenvalue weighted by atomic mass is 10.1. The summed E-state index contributed by atoms with van der Waals surface area (Å²) in [6.07, 6.45) is 7.07. The Labute approximate surface area is 102 Å². The molecule has 17 heavy (non-hydrogen) atoms. The van der Waals surface area contributed by atoms with Crippen molar-refractivity contribution < 1.29 is 14.2 Å². The maximum absolute atomic E-state index is 12.9. The molecule has 0 aliphatic rings. The molecule has 0 unspecified atom stereocenters. The van der Waals surface area contributed by atoms with Crippen LogP contribution in [0.1, 0.15) is 45.4 Å². The second-order valence-electron chi connectivity index (χ2n) is 4.23. The van der Waals surface area contributed by atoms with Crippen LogP contribution in [0.25, 0.3) is 0 Å². The molecule has 1 aromatic carbocycles. The molecule has 1 N–H and O–H groups in total. The number of phenols is 1. The van der Waals surface area contributed by atoms with Crippen LogP contribution in [0.5, 0.6) is 11.5 Å². The predicted molar refractivity (Wildman–Crippen MR) is 66.9 cm³/mol. The van der Waals surface area contributed by atoms with Crippen molar-refractivity contribution in [2.75, 3.05) is 6.61 Å². The smallest absolute Gasteiger partial charge is 0.163 e. The lowest BCUT2D eigenvalue weighted by Crippen LogP contribution is -1.98. The average molecular weight is 240 g/mol. The number of halogens is 1. The SMILES string of the molecule is CCCCCCCCOc1cc(F)ccc1O. The van der Waals surface area contributed by atoms with E-state index in [9.17, 15) is 9.50 Å². The monoisotopic (exact) mass is 240 g/mol. The third-order valence-corrected chi connectivity index (χ3v) is 2.68. The van der Waals surface area contributed by atoms with Gasteiger partial charge in [0.25, 0.3) is 0 Å². The first-order valence-electron chi connectivity index (χ1n) is 6.35. The van der Waals surface area contributed by atoms with Crippen molar-refractivity contribution >= 4 is 0 Å². The number of unbranched alkanes of at least 4 members (excludes halogenated alkanes) is 5. The number of rotatable bonds is 8. The molecule has 0 saturated heterocycles. The Bertz CT molecular complexity index is 326. The van der Waals surface area contributed by atoms with Crippen molar-refractivity contribution in [3.63, 3.8) is 0 Å². The summed E-state index contributed by atoms with van der Waals surface area (Å²) >= 11 is 0. The maximum atomic E-state index is 12.9. The summed E-state index contributed by atoms with van der Waals surface area (Å²) in [6.45, 7) is 2.72. The van der Waals surface area contributed by atoms with Crippen LogP contribution in [-0.2, 0) is 0 Å². The molecule has 0 heterocycles. The largest absolute Gasteiger partial charge is 0.504 e. The van der Waals surface area contributed by atoms with Crippen molar-refractivity contribution in [2.45, 2.75) is 45.4 Å². The van der Waals surface area contributed by atoms with E-state index in [1.165, 1.54) is 43.9 Å². The highest BCUT2D eigenvalue weighted by atomic mass is 19.1. The van der Waals surface area contributed by atoms with Gasteiger partial charge in [-0.2, -0.15) is 0 Å². The van der Waals surface area contributed by atoms with Crippen molar-refractivity contribution in [1.82, 2.24) is 0 Å². The van der Waals surface area contributed by atoms with Crippen LogP contribution in [0.2, 0.25) is 0 Å². The summed E-state index contributed by atoms with van der Waals surface area (Å²) in [6, 6.07) is 3.74. The summed E-state index contributed by atoms with van der Waals surface area (Å²) < 4.78 is 18.2. The summed E-state index contributed by atoms with van der Waals surface area (Å²) in [5, 5.41) is 9.42. The van der Waals surface area contributed by atoms with Gasteiger partial charge in [-0.1, -0.05) is 39.0 Å². The first kappa shape index (κ1) is 13.8. The second-order valence-corrected chi connectivity index (χ2v) is 4.23. The molecular weight excluding hydrogens is 219 g/mol. The lowest BCUT2D eigenvalue weighted by Gasteiger charge is -2.07. The van der Waals surface area contributed by atoms with Gasteiger partial charge in [-0.25, -0.2) is 4.39 Å². The van der Waals surface area contributed by atoms with E-state index < -0.39 is 0 Å². The van der Waals surface area contributed by atoms with Crippen molar-refractivity contribution in [3.05, 3.63) is 24.0 Å². The Hall–Kier alpha value is -1.25. The van der Waals surface area contributed by atoms with Crippen LogP contribution in [0, 0.1) is 5.82 Å². The van der Waals surface area contributed by atoms with E-state index in [1.54, 1.807) is 0 Å². The molecule has 3 heteroatoms. The molecule has 96 valence electrons. The average Bonchev–Trinajstić information content (AvgIpc) is 2.32. The number of hydrogen-bond donors (Lipinski definition) is 1. The second kappa shape index (κ2) is 7.93. The van der Waals surface area contributed by atoms with Crippen LogP contribution in [0.15, 0.2) is 18.2 Å². The number of hydrogen-bond acceptors (Lipinski definition) is 2. The fourth-order valence-corrected chi connectivity index (χ4v) is 1.67. The predicted octanol–water partition coefficient (Wildman–Crippen LogP) is 4.27. The van der Waals surface area contributed by atoms with E-state index in [4.69, 9.17) is 4.74 Å². The summed E-state index contributed by atoms with van der Waals surface area (Å²) in [4.78, 5) is 0. The molecule has 0 fully saturated rings. The molecule has 0 radical (unpaired) electrons. The zero-order chi connectivity index (χ0) is 12.5. The molecule has 0 amide bonds. The van der Waals surface area contributed by atoms with E-state index in [1.807, 2.05) is 0 Å². The molecule has 2 nitrogen and oxygen atoms in total. The van der Waals surface area contributed by atoms with Crippen molar-refractivity contribution in [3.8, 4) is 11.5 Å². The van der Waals surface area contributed by atoms with E-state index in [2.05, 4.69) is 6.92 Å². The first-order chi connectivity index (χ1) is 8.24. The molecule has 0 aliphatic heterocycles. The van der Waals surface area contributed by atoms with Gasteiger partial charge < -0.3 is 9.84 Å². The van der Waals surface area contributed by atoms with Crippen LogP contribution >= 0.6 is 0 Å². The summed E-state index contributed by atoms with van der Waals surface area (Å²) in [7, 11) is 0. The minimum Gasteiger partial charge on any atom is -0.504 e. The molecule has 0 spiro atoms. The van der Waals surface area contributed by atoms with Gasteiger partial charge in [0.05, 0.1) is 6.61 Å². The number of phenolic OH excluding ortho intramolecular Hbond substituents is 1. The number of benzene rings is 1. The normalized spacial score (nSPS) is 10.5. The topological polar surface area (TPSA) is 29.5 Å². The molecule has 0 saturated carbocycles. The molecule has 0 bridgehead atoms. The van der Waals surface area contributed by atoms with Gasteiger partial charge in [-0.05, 0) is 18.6 Å². The van der Waals surface area contributed by atoms with Gasteiger partial charge in [-0.3, -0.25) is 0 Å². The van der Waals surface area contributed by atoms with Gasteiger partial charge in [0.1, 0.15) is 5.82 Å². The highest BCUT2D eigenvalue weighted by Crippen LogP contribution is 2.26. The van der Waals surface area contributed by atoms with Crippen LogP contribution in [0.3, 0.4) is 0 Å². The van der Waals surface area contributed by atoms with Crippen LogP contribution < -0.4 is 4.74 Å². The van der Waals surface area contributed by atoms with Gasteiger partial charge in [0, 0.05) is 6.07 Å². The molecule has 0 aromatic heterocycles. The maximum Gasteiger partial charge on any atom is 0.163 e. The number of aromatic hydroxyl groups is 1. The standard InChI is InChI=1S/C14H21FO2/c1-2-3-4-5-6-7-10-17-14-11-12(15)8-9-13(14)16/h8-9,11,16H,2-7,10H2,1H3. The zero-order valence-corrected chi connectivity index (χ0v) is 10.4. The van der Waals surface area contributed by atoms with Crippen molar-refractivity contribution in [1.29, 1.82) is 0 Å². The summed E-state index contributed by atoms with van der Waals surface area (Å²) in [5.41, 5.74) is 0. The minimum atomic E-state index is -0.388. The van der Waals surface area contributed by atoms with Crippen molar-refractivity contribution in [2.24, 2.45) is 0 Å². The molecule has 0 aliphatic carbocycles. The Morgan fingerprint density at radius 2 is 1.82 bits per heavy atom. The molecule has 1 aromatic rings. The van der Waals surface area contributed by atoms with E-state index in [0.29, 0.717) is 6.61 Å². The highest BCUT2D eigenvalue weighted by molar-refractivity contribution is 5.38.